The van der Waals surface area contributed by atoms with Gasteiger partial charge in [0.1, 0.15) is 11.8 Å². The Labute approximate surface area is 147 Å². The number of carbonyl (C=O) groups excluding carboxylic acids is 2. The van der Waals surface area contributed by atoms with E-state index in [0.717, 1.165) is 43.4 Å². The van der Waals surface area contributed by atoms with Crippen LogP contribution in [0.25, 0.3) is 0 Å². The molecule has 25 heavy (non-hydrogen) atoms. The molecule has 1 aromatic carbocycles. The zero-order chi connectivity index (χ0) is 17.4. The van der Waals surface area contributed by atoms with E-state index in [4.69, 9.17) is 4.74 Å². The number of rotatable bonds is 3. The Morgan fingerprint density at radius 3 is 2.56 bits per heavy atom. The van der Waals surface area contributed by atoms with Crippen molar-refractivity contribution in [3.8, 4) is 0 Å². The Morgan fingerprint density at radius 1 is 1.12 bits per heavy atom. The number of nitrogens with one attached hydrogen (secondary N) is 1. The van der Waals surface area contributed by atoms with Gasteiger partial charge in [-0.2, -0.15) is 0 Å². The van der Waals surface area contributed by atoms with Crippen molar-refractivity contribution in [2.45, 2.75) is 57.5 Å². The first kappa shape index (κ1) is 16.1. The largest absolute Gasteiger partial charge is 0.458 e. The van der Waals surface area contributed by atoms with Crippen molar-refractivity contribution in [1.82, 2.24) is 4.98 Å². The van der Waals surface area contributed by atoms with E-state index in [2.05, 4.69) is 17.1 Å². The number of ketones is 1. The van der Waals surface area contributed by atoms with Crippen molar-refractivity contribution in [2.24, 2.45) is 0 Å². The first-order chi connectivity index (χ1) is 12.1. The summed E-state index contributed by atoms with van der Waals surface area (Å²) in [6, 6.07) is 10.1. The number of H-pyrrole nitrogens is 1. The van der Waals surface area contributed by atoms with E-state index in [-0.39, 0.29) is 23.8 Å². The molecule has 1 aromatic heterocycles. The van der Waals surface area contributed by atoms with Crippen LogP contribution in [0.3, 0.4) is 0 Å². The number of Topliss-reactive ketones (excluding diaryl/α,β-unsaturated/α-hetero) is 1. The molecule has 0 spiro atoms. The van der Waals surface area contributed by atoms with Crippen LogP contribution in [0.2, 0.25) is 0 Å². The van der Waals surface area contributed by atoms with E-state index >= 15 is 0 Å². The molecule has 1 unspecified atom stereocenters. The molecule has 1 heterocycles. The normalized spacial score (nSPS) is 20.5. The van der Waals surface area contributed by atoms with Crippen molar-refractivity contribution >= 4 is 11.8 Å². The van der Waals surface area contributed by atoms with Crippen LogP contribution < -0.4 is 0 Å². The Bertz CT molecular complexity index is 800. The second-order valence-electron chi connectivity index (χ2n) is 7.23. The van der Waals surface area contributed by atoms with E-state index in [1.54, 1.807) is 0 Å². The molecule has 4 heteroatoms. The standard InChI is InChI=1S/C21H23NO3/c1-13-19-17(22-20(13)21(24)25-16-9-5-6-10-16)11-15(12-18(19)23)14-7-3-2-4-8-14/h2-4,7-8,15-16,22H,5-6,9-12H2,1H3. The number of hydrogen-bond acceptors (Lipinski definition) is 3. The third kappa shape index (κ3) is 3.01. The van der Waals surface area contributed by atoms with E-state index in [1.165, 1.54) is 5.56 Å². The zero-order valence-electron chi connectivity index (χ0n) is 14.5. The fourth-order valence-corrected chi connectivity index (χ4v) is 4.21. The first-order valence-electron chi connectivity index (χ1n) is 9.14. The maximum absolute atomic E-state index is 12.7. The van der Waals surface area contributed by atoms with Crippen LogP contribution in [0.1, 0.15) is 75.7 Å². The predicted octanol–water partition coefficient (Wildman–Crippen LogP) is 4.34. The molecule has 4 nitrogen and oxygen atoms in total. The third-order valence-corrected chi connectivity index (χ3v) is 5.54. The summed E-state index contributed by atoms with van der Waals surface area (Å²) >= 11 is 0. The van der Waals surface area contributed by atoms with Crippen LogP contribution in [-0.2, 0) is 11.2 Å². The van der Waals surface area contributed by atoms with Gasteiger partial charge in [0.25, 0.3) is 0 Å². The molecule has 0 aliphatic heterocycles. The molecule has 4 rings (SSSR count). The minimum atomic E-state index is -0.317. The average molecular weight is 337 g/mol. The quantitative estimate of drug-likeness (QED) is 0.848. The lowest BCUT2D eigenvalue weighted by molar-refractivity contribution is 0.0310. The summed E-state index contributed by atoms with van der Waals surface area (Å²) in [4.78, 5) is 28.4. The topological polar surface area (TPSA) is 59.2 Å². The summed E-state index contributed by atoms with van der Waals surface area (Å²) in [5, 5.41) is 0. The first-order valence-corrected chi connectivity index (χ1v) is 9.14. The highest BCUT2D eigenvalue weighted by atomic mass is 16.5. The van der Waals surface area contributed by atoms with Gasteiger partial charge in [-0.25, -0.2) is 4.79 Å². The van der Waals surface area contributed by atoms with Crippen molar-refractivity contribution < 1.29 is 14.3 Å². The second kappa shape index (κ2) is 6.51. The lowest BCUT2D eigenvalue weighted by Gasteiger charge is -2.22. The summed E-state index contributed by atoms with van der Waals surface area (Å²) in [7, 11) is 0. The van der Waals surface area contributed by atoms with Crippen LogP contribution in [0.4, 0.5) is 0 Å². The molecule has 1 atom stereocenters. The minimum Gasteiger partial charge on any atom is -0.458 e. The highest BCUT2D eigenvalue weighted by Crippen LogP contribution is 2.35. The molecule has 1 N–H and O–H groups in total. The summed E-state index contributed by atoms with van der Waals surface area (Å²) < 4.78 is 5.62. The Morgan fingerprint density at radius 2 is 1.84 bits per heavy atom. The molecule has 1 fully saturated rings. The Hall–Kier alpha value is -2.36. The van der Waals surface area contributed by atoms with Gasteiger partial charge in [-0.1, -0.05) is 30.3 Å². The molecule has 1 saturated carbocycles. The lowest BCUT2D eigenvalue weighted by atomic mass is 9.81. The summed E-state index contributed by atoms with van der Waals surface area (Å²) in [5.74, 6) is -0.0374. The fourth-order valence-electron chi connectivity index (χ4n) is 4.21. The van der Waals surface area contributed by atoms with E-state index < -0.39 is 0 Å². The number of aromatic nitrogens is 1. The van der Waals surface area contributed by atoms with Gasteiger partial charge >= 0.3 is 5.97 Å². The lowest BCUT2D eigenvalue weighted by Crippen LogP contribution is -2.18. The number of fused-ring (bicyclic) bond motifs is 1. The second-order valence-corrected chi connectivity index (χ2v) is 7.23. The smallest absolute Gasteiger partial charge is 0.355 e. The van der Waals surface area contributed by atoms with Crippen LogP contribution >= 0.6 is 0 Å². The number of hydrogen-bond donors (Lipinski definition) is 1. The van der Waals surface area contributed by atoms with Crippen LogP contribution in [0.15, 0.2) is 30.3 Å². The molecular weight excluding hydrogens is 314 g/mol. The number of benzene rings is 1. The van der Waals surface area contributed by atoms with E-state index in [1.807, 2.05) is 25.1 Å². The molecule has 0 saturated heterocycles. The predicted molar refractivity (Wildman–Crippen MR) is 95.0 cm³/mol. The van der Waals surface area contributed by atoms with Crippen LogP contribution in [-0.4, -0.2) is 22.8 Å². The molecule has 0 amide bonds. The monoisotopic (exact) mass is 337 g/mol. The van der Waals surface area contributed by atoms with Crippen LogP contribution in [0, 0.1) is 6.92 Å². The van der Waals surface area contributed by atoms with Gasteiger partial charge in [0.15, 0.2) is 5.78 Å². The SMILES string of the molecule is Cc1c(C(=O)OC2CCCC2)[nH]c2c1C(=O)CC(c1ccccc1)C2. The molecule has 2 aromatic rings. The molecular formula is C21H23NO3. The van der Waals surface area contributed by atoms with Gasteiger partial charge in [0.05, 0.1) is 0 Å². The van der Waals surface area contributed by atoms with Gasteiger partial charge in [-0.3, -0.25) is 4.79 Å². The number of ether oxygens (including phenoxy) is 1. The number of carbonyl (C=O) groups is 2. The van der Waals surface area contributed by atoms with Crippen LogP contribution in [0.5, 0.6) is 0 Å². The van der Waals surface area contributed by atoms with Gasteiger partial charge in [-0.05, 0) is 56.1 Å². The maximum Gasteiger partial charge on any atom is 0.355 e. The van der Waals surface area contributed by atoms with Gasteiger partial charge in [0, 0.05) is 17.7 Å². The van der Waals surface area contributed by atoms with Crippen molar-refractivity contribution in [3.63, 3.8) is 0 Å². The molecule has 0 radical (unpaired) electrons. The van der Waals surface area contributed by atoms with E-state index in [9.17, 15) is 9.59 Å². The molecule has 2 aliphatic rings. The molecule has 0 bridgehead atoms. The van der Waals surface area contributed by atoms with Gasteiger partial charge in [0.2, 0.25) is 0 Å². The highest BCUT2D eigenvalue weighted by Gasteiger charge is 2.33. The molecule has 2 aliphatic carbocycles. The Kier molecular flexibility index (Phi) is 4.20. The number of esters is 1. The minimum absolute atomic E-state index is 0.0278. The van der Waals surface area contributed by atoms with Gasteiger partial charge in [-0.15, -0.1) is 0 Å². The summed E-state index contributed by atoms with van der Waals surface area (Å²) in [6.45, 7) is 1.85. The third-order valence-electron chi connectivity index (χ3n) is 5.54. The van der Waals surface area contributed by atoms with Crippen molar-refractivity contribution in [2.75, 3.05) is 0 Å². The Balaban J connectivity index is 1.60. The van der Waals surface area contributed by atoms with Gasteiger partial charge < -0.3 is 9.72 Å². The highest BCUT2D eigenvalue weighted by molar-refractivity contribution is 6.03. The maximum atomic E-state index is 12.7. The number of aromatic amines is 1. The van der Waals surface area contributed by atoms with Crippen molar-refractivity contribution in [3.05, 3.63) is 58.4 Å². The summed E-state index contributed by atoms with van der Waals surface area (Å²) in [6.07, 6.45) is 5.40. The van der Waals surface area contributed by atoms with E-state index in [0.29, 0.717) is 17.7 Å². The molecule has 130 valence electrons. The fraction of sp³-hybridized carbons (Fsp3) is 0.429. The summed E-state index contributed by atoms with van der Waals surface area (Å²) in [5.41, 5.74) is 3.95. The zero-order valence-corrected chi connectivity index (χ0v) is 14.5. The average Bonchev–Trinajstić information content (AvgIpc) is 3.23. The van der Waals surface area contributed by atoms with Crippen molar-refractivity contribution in [1.29, 1.82) is 0 Å².